The van der Waals surface area contributed by atoms with Crippen molar-refractivity contribution >= 4 is 23.2 Å². The molecule has 0 bridgehead atoms. The molecule has 0 radical (unpaired) electrons. The molecule has 7 heteroatoms. The van der Waals surface area contributed by atoms with Crippen LogP contribution in [0.15, 0.2) is 30.5 Å². The van der Waals surface area contributed by atoms with Crippen molar-refractivity contribution in [3.63, 3.8) is 0 Å². The highest BCUT2D eigenvalue weighted by Crippen LogP contribution is 2.23. The minimum absolute atomic E-state index is 0.254. The molecule has 0 aliphatic heterocycles. The van der Waals surface area contributed by atoms with Gasteiger partial charge in [0.25, 0.3) is 5.91 Å². The van der Waals surface area contributed by atoms with Gasteiger partial charge in [-0.15, -0.1) is 0 Å². The summed E-state index contributed by atoms with van der Waals surface area (Å²) in [6.07, 6.45) is 2.42. The van der Waals surface area contributed by atoms with Crippen LogP contribution in [0.4, 0.5) is 17.3 Å². The Morgan fingerprint density at radius 2 is 2.00 bits per heavy atom. The first-order chi connectivity index (χ1) is 13.1. The number of benzene rings is 1. The number of ether oxygens (including phenoxy) is 1. The van der Waals surface area contributed by atoms with Gasteiger partial charge in [-0.3, -0.25) is 4.79 Å². The Morgan fingerprint density at radius 1 is 1.22 bits per heavy atom. The Hall–Kier alpha value is -2.67. The van der Waals surface area contributed by atoms with Crippen molar-refractivity contribution in [3.8, 4) is 0 Å². The molecule has 0 saturated carbocycles. The molecule has 0 fully saturated rings. The van der Waals surface area contributed by atoms with Gasteiger partial charge in [-0.1, -0.05) is 0 Å². The lowest BCUT2D eigenvalue weighted by atomic mass is 10.1. The van der Waals surface area contributed by atoms with Crippen molar-refractivity contribution < 1.29 is 9.53 Å². The number of aromatic nitrogens is 2. The molecule has 7 nitrogen and oxygen atoms in total. The number of nitrogens with one attached hydrogen (secondary N) is 2. The van der Waals surface area contributed by atoms with E-state index in [1.807, 2.05) is 19.1 Å². The van der Waals surface area contributed by atoms with Crippen LogP contribution in [0.5, 0.6) is 0 Å². The predicted octanol–water partition coefficient (Wildman–Crippen LogP) is 3.33. The lowest BCUT2D eigenvalue weighted by Gasteiger charge is -2.22. The SMILES string of the molecule is CCN(CC)c1ccc(NC(=O)c2ccnc(NCCCOC)n2)c(C)c1. The molecule has 1 amide bonds. The molecule has 1 aromatic heterocycles. The zero-order valence-electron chi connectivity index (χ0n) is 16.6. The van der Waals surface area contributed by atoms with Gasteiger partial charge in [0.1, 0.15) is 5.69 Å². The van der Waals surface area contributed by atoms with E-state index >= 15 is 0 Å². The van der Waals surface area contributed by atoms with E-state index in [9.17, 15) is 4.79 Å². The molecule has 27 heavy (non-hydrogen) atoms. The van der Waals surface area contributed by atoms with Crippen LogP contribution in [-0.4, -0.2) is 49.2 Å². The summed E-state index contributed by atoms with van der Waals surface area (Å²) in [5, 5.41) is 6.03. The molecule has 2 rings (SSSR count). The van der Waals surface area contributed by atoms with Crippen molar-refractivity contribution in [2.24, 2.45) is 0 Å². The minimum Gasteiger partial charge on any atom is -0.385 e. The van der Waals surface area contributed by atoms with Gasteiger partial charge in [-0.25, -0.2) is 9.97 Å². The van der Waals surface area contributed by atoms with E-state index in [-0.39, 0.29) is 5.91 Å². The van der Waals surface area contributed by atoms with Crippen molar-refractivity contribution in [2.75, 3.05) is 48.9 Å². The van der Waals surface area contributed by atoms with Crippen molar-refractivity contribution in [1.29, 1.82) is 0 Å². The largest absolute Gasteiger partial charge is 0.385 e. The van der Waals surface area contributed by atoms with E-state index in [2.05, 4.69) is 45.4 Å². The normalized spacial score (nSPS) is 10.5. The molecule has 0 saturated heterocycles. The van der Waals surface area contributed by atoms with Crippen LogP contribution in [-0.2, 0) is 4.74 Å². The summed E-state index contributed by atoms with van der Waals surface area (Å²) in [6, 6.07) is 7.66. The molecular formula is C20H29N5O2. The third-order valence-electron chi connectivity index (χ3n) is 4.28. The quantitative estimate of drug-likeness (QED) is 0.624. The summed E-state index contributed by atoms with van der Waals surface area (Å²) < 4.78 is 5.01. The Kier molecular flexibility index (Phi) is 8.00. The minimum atomic E-state index is -0.254. The van der Waals surface area contributed by atoms with E-state index in [0.717, 1.165) is 36.4 Å². The van der Waals surface area contributed by atoms with Gasteiger partial charge in [-0.2, -0.15) is 0 Å². The van der Waals surface area contributed by atoms with Gasteiger partial charge in [0, 0.05) is 50.9 Å². The average molecular weight is 371 g/mol. The summed E-state index contributed by atoms with van der Waals surface area (Å²) in [6.45, 7) is 9.49. The Labute approximate surface area is 161 Å². The van der Waals surface area contributed by atoms with E-state index in [1.165, 1.54) is 0 Å². The number of methoxy groups -OCH3 is 1. The fraction of sp³-hybridized carbons (Fsp3) is 0.450. The van der Waals surface area contributed by atoms with Crippen molar-refractivity contribution in [3.05, 3.63) is 41.7 Å². The fourth-order valence-electron chi connectivity index (χ4n) is 2.75. The first-order valence-corrected chi connectivity index (χ1v) is 9.31. The highest BCUT2D eigenvalue weighted by atomic mass is 16.5. The summed E-state index contributed by atoms with van der Waals surface area (Å²) in [4.78, 5) is 23.3. The van der Waals surface area contributed by atoms with Gasteiger partial charge >= 0.3 is 0 Å². The van der Waals surface area contributed by atoms with Gasteiger partial charge in [0.05, 0.1) is 0 Å². The van der Waals surface area contributed by atoms with Gasteiger partial charge in [-0.05, 0) is 57.0 Å². The number of hydrogen-bond donors (Lipinski definition) is 2. The number of amides is 1. The third kappa shape index (κ3) is 5.92. The Balaban J connectivity index is 2.04. The molecule has 0 aliphatic rings. The maximum Gasteiger partial charge on any atom is 0.274 e. The molecule has 0 spiro atoms. The molecule has 0 aliphatic carbocycles. The molecule has 1 heterocycles. The smallest absolute Gasteiger partial charge is 0.274 e. The molecule has 2 N–H and O–H groups in total. The monoisotopic (exact) mass is 371 g/mol. The van der Waals surface area contributed by atoms with Gasteiger partial charge in [0.15, 0.2) is 0 Å². The summed E-state index contributed by atoms with van der Waals surface area (Å²) in [7, 11) is 1.66. The third-order valence-corrected chi connectivity index (χ3v) is 4.28. The van der Waals surface area contributed by atoms with Crippen molar-refractivity contribution in [2.45, 2.75) is 27.2 Å². The number of aryl methyl sites for hydroxylation is 1. The molecule has 1 aromatic carbocycles. The maximum absolute atomic E-state index is 12.6. The van der Waals surface area contributed by atoms with E-state index < -0.39 is 0 Å². The number of anilines is 3. The standard InChI is InChI=1S/C20H29N5O2/c1-5-25(6-2)16-8-9-17(15(3)14-16)23-19(26)18-10-12-22-20(24-18)21-11-7-13-27-4/h8-10,12,14H,5-7,11,13H2,1-4H3,(H,23,26)(H,21,22,24). The first kappa shape index (κ1) is 20.6. The zero-order chi connectivity index (χ0) is 19.6. The van der Waals surface area contributed by atoms with Crippen LogP contribution in [0, 0.1) is 6.92 Å². The summed E-state index contributed by atoms with van der Waals surface area (Å²) in [5.74, 6) is 0.184. The first-order valence-electron chi connectivity index (χ1n) is 9.31. The molecule has 146 valence electrons. The second-order valence-electron chi connectivity index (χ2n) is 6.16. The number of carbonyl (C=O) groups is 1. The molecule has 0 unspecified atom stereocenters. The van der Waals surface area contributed by atoms with Crippen LogP contribution in [0.3, 0.4) is 0 Å². The van der Waals surface area contributed by atoms with Crippen LogP contribution in [0.1, 0.15) is 36.3 Å². The fourth-order valence-corrected chi connectivity index (χ4v) is 2.75. The number of nitrogens with zero attached hydrogens (tertiary/aromatic N) is 3. The highest BCUT2D eigenvalue weighted by Gasteiger charge is 2.12. The van der Waals surface area contributed by atoms with Crippen LogP contribution in [0.25, 0.3) is 0 Å². The maximum atomic E-state index is 12.6. The Bertz CT molecular complexity index is 747. The van der Waals surface area contributed by atoms with Crippen LogP contribution in [0.2, 0.25) is 0 Å². The molecule has 2 aromatic rings. The second-order valence-corrected chi connectivity index (χ2v) is 6.16. The predicted molar refractivity (Wildman–Crippen MR) is 110 cm³/mol. The zero-order valence-corrected chi connectivity index (χ0v) is 16.6. The lowest BCUT2D eigenvalue weighted by Crippen LogP contribution is -2.22. The number of hydrogen-bond acceptors (Lipinski definition) is 6. The van der Waals surface area contributed by atoms with Crippen molar-refractivity contribution in [1.82, 2.24) is 9.97 Å². The van der Waals surface area contributed by atoms with Crippen LogP contribution >= 0.6 is 0 Å². The number of rotatable bonds is 10. The van der Waals surface area contributed by atoms with E-state index in [1.54, 1.807) is 19.4 Å². The second kappa shape index (κ2) is 10.5. The summed E-state index contributed by atoms with van der Waals surface area (Å²) in [5.41, 5.74) is 3.27. The summed E-state index contributed by atoms with van der Waals surface area (Å²) >= 11 is 0. The topological polar surface area (TPSA) is 79.4 Å². The van der Waals surface area contributed by atoms with E-state index in [0.29, 0.717) is 24.8 Å². The van der Waals surface area contributed by atoms with Gasteiger partial charge < -0.3 is 20.3 Å². The van der Waals surface area contributed by atoms with Gasteiger partial charge in [0.2, 0.25) is 5.95 Å². The number of carbonyl (C=O) groups excluding carboxylic acids is 1. The van der Waals surface area contributed by atoms with Crippen LogP contribution < -0.4 is 15.5 Å². The lowest BCUT2D eigenvalue weighted by molar-refractivity contribution is 0.102. The average Bonchev–Trinajstić information content (AvgIpc) is 2.68. The molecule has 0 atom stereocenters. The highest BCUT2D eigenvalue weighted by molar-refractivity contribution is 6.03. The Morgan fingerprint density at radius 3 is 2.67 bits per heavy atom. The molecular weight excluding hydrogens is 342 g/mol. The van der Waals surface area contributed by atoms with E-state index in [4.69, 9.17) is 4.74 Å².